The molecule has 21 heavy (non-hydrogen) atoms. The minimum absolute atomic E-state index is 0.431. The first-order valence-electron chi connectivity index (χ1n) is 7.56. The molecule has 0 radical (unpaired) electrons. The van der Waals surface area contributed by atoms with Gasteiger partial charge in [0.15, 0.2) is 0 Å². The fourth-order valence-corrected chi connectivity index (χ4v) is 3.74. The van der Waals surface area contributed by atoms with Crippen LogP contribution in [0.2, 0.25) is 0 Å². The van der Waals surface area contributed by atoms with Gasteiger partial charge in [0.05, 0.1) is 16.3 Å². The van der Waals surface area contributed by atoms with E-state index >= 15 is 0 Å². The number of aromatic nitrogens is 2. The quantitative estimate of drug-likeness (QED) is 0.676. The van der Waals surface area contributed by atoms with Crippen LogP contribution in [0, 0.1) is 6.92 Å². The first kappa shape index (κ1) is 16.2. The van der Waals surface area contributed by atoms with Crippen LogP contribution >= 0.6 is 22.9 Å². The number of nitrogens with one attached hydrogen (secondary N) is 1. The Bertz CT molecular complexity index is 562. The highest BCUT2D eigenvalue weighted by atomic mass is 32.1. The van der Waals surface area contributed by atoms with Gasteiger partial charge in [-0.2, -0.15) is 4.37 Å². The molecule has 0 spiro atoms. The molecule has 0 bridgehead atoms. The Morgan fingerprint density at radius 3 is 2.81 bits per heavy atom. The number of unbranched alkanes of at least 4 members (excludes halogenated alkanes) is 3. The van der Waals surface area contributed by atoms with Crippen molar-refractivity contribution in [3.8, 4) is 11.3 Å². The van der Waals surface area contributed by atoms with Crippen LogP contribution in [0.15, 0.2) is 5.38 Å². The van der Waals surface area contributed by atoms with E-state index < -0.39 is 0 Å². The number of rotatable bonds is 8. The summed E-state index contributed by atoms with van der Waals surface area (Å²) in [4.78, 5) is 4.53. The molecule has 0 amide bonds. The summed E-state index contributed by atoms with van der Waals surface area (Å²) in [6.45, 7) is 6.47. The van der Waals surface area contributed by atoms with E-state index in [4.69, 9.17) is 5.73 Å². The van der Waals surface area contributed by atoms with Gasteiger partial charge < -0.3 is 11.1 Å². The lowest BCUT2D eigenvalue weighted by molar-refractivity contribution is 0.594. The Labute approximate surface area is 135 Å². The molecule has 0 aromatic carbocycles. The minimum atomic E-state index is 0.431. The largest absolute Gasteiger partial charge is 0.382 e. The maximum absolute atomic E-state index is 6.02. The lowest BCUT2D eigenvalue weighted by atomic mass is 10.1. The van der Waals surface area contributed by atoms with Crippen LogP contribution in [0.25, 0.3) is 11.3 Å². The van der Waals surface area contributed by atoms with Crippen LogP contribution in [-0.4, -0.2) is 15.4 Å². The minimum Gasteiger partial charge on any atom is -0.382 e. The lowest BCUT2D eigenvalue weighted by Gasteiger charge is -2.14. The monoisotopic (exact) mass is 324 g/mol. The third-order valence-corrected chi connectivity index (χ3v) is 5.03. The summed E-state index contributed by atoms with van der Waals surface area (Å²) in [6.07, 6.45) is 6.35. The number of anilines is 2. The van der Waals surface area contributed by atoms with Gasteiger partial charge in [0, 0.05) is 11.4 Å². The van der Waals surface area contributed by atoms with Gasteiger partial charge in [-0.3, -0.25) is 0 Å². The molecular formula is C15H24N4S2. The molecule has 0 aliphatic rings. The maximum atomic E-state index is 6.02. The number of aryl methyl sites for hydroxylation is 1. The highest BCUT2D eigenvalue weighted by Crippen LogP contribution is 2.37. The van der Waals surface area contributed by atoms with Crippen LogP contribution in [-0.2, 0) is 0 Å². The zero-order valence-corrected chi connectivity index (χ0v) is 14.6. The molecule has 0 saturated carbocycles. The molecule has 2 aromatic heterocycles. The molecule has 0 fully saturated rings. The topological polar surface area (TPSA) is 63.8 Å². The fraction of sp³-hybridized carbons (Fsp3) is 0.600. The highest BCUT2D eigenvalue weighted by molar-refractivity contribution is 7.11. The van der Waals surface area contributed by atoms with Gasteiger partial charge in [0.1, 0.15) is 10.8 Å². The molecule has 2 heterocycles. The van der Waals surface area contributed by atoms with Crippen LogP contribution < -0.4 is 11.1 Å². The van der Waals surface area contributed by atoms with Crippen LogP contribution in [0.3, 0.4) is 0 Å². The highest BCUT2D eigenvalue weighted by Gasteiger charge is 2.17. The molecule has 2 aromatic rings. The Morgan fingerprint density at radius 2 is 2.14 bits per heavy atom. The van der Waals surface area contributed by atoms with Crippen molar-refractivity contribution >= 4 is 33.7 Å². The summed E-state index contributed by atoms with van der Waals surface area (Å²) in [7, 11) is 0. The van der Waals surface area contributed by atoms with Gasteiger partial charge in [-0.15, -0.1) is 11.3 Å². The zero-order chi connectivity index (χ0) is 15.2. The van der Waals surface area contributed by atoms with Gasteiger partial charge >= 0.3 is 0 Å². The molecular weight excluding hydrogens is 300 g/mol. The van der Waals surface area contributed by atoms with Crippen molar-refractivity contribution in [2.45, 2.75) is 58.9 Å². The Kier molecular flexibility index (Phi) is 5.99. The molecule has 0 aliphatic carbocycles. The van der Waals surface area contributed by atoms with Crippen molar-refractivity contribution in [3.63, 3.8) is 0 Å². The molecule has 1 unspecified atom stereocenters. The maximum Gasteiger partial charge on any atom is 0.148 e. The Hall–Kier alpha value is -1.14. The third kappa shape index (κ3) is 4.41. The molecule has 1 atom stereocenters. The summed E-state index contributed by atoms with van der Waals surface area (Å²) in [5.41, 5.74) is 7.92. The predicted molar refractivity (Wildman–Crippen MR) is 94.2 cm³/mol. The fourth-order valence-electron chi connectivity index (χ4n) is 2.30. The van der Waals surface area contributed by atoms with E-state index in [-0.39, 0.29) is 0 Å². The van der Waals surface area contributed by atoms with E-state index in [1.807, 2.05) is 12.3 Å². The normalized spacial score (nSPS) is 12.5. The van der Waals surface area contributed by atoms with Crippen molar-refractivity contribution in [1.82, 2.24) is 9.36 Å². The number of hydrogen-bond donors (Lipinski definition) is 2. The van der Waals surface area contributed by atoms with Gasteiger partial charge in [0.2, 0.25) is 0 Å². The van der Waals surface area contributed by atoms with Crippen molar-refractivity contribution in [1.29, 1.82) is 0 Å². The molecule has 3 N–H and O–H groups in total. The first-order valence-corrected chi connectivity index (χ1v) is 9.21. The van der Waals surface area contributed by atoms with Crippen molar-refractivity contribution in [2.24, 2.45) is 0 Å². The summed E-state index contributed by atoms with van der Waals surface area (Å²) in [5, 5.41) is 7.70. The molecule has 116 valence electrons. The number of nitrogens with two attached hydrogens (primary N) is 1. The van der Waals surface area contributed by atoms with Crippen LogP contribution in [0.5, 0.6) is 0 Å². The van der Waals surface area contributed by atoms with Gasteiger partial charge in [-0.1, -0.05) is 32.6 Å². The number of nitrogen functional groups attached to an aromatic ring is 1. The SMILES string of the molecule is CCCCCCC(C)Nc1snc(N)c1-c1csc(C)n1. The summed E-state index contributed by atoms with van der Waals surface area (Å²) < 4.78 is 4.29. The standard InChI is InChI=1S/C15H24N4S2/c1-4-5-6-7-8-10(2)17-15-13(14(16)19-21-15)12-9-20-11(3)18-12/h9-10,17H,4-8H2,1-3H3,(H2,16,19). The Morgan fingerprint density at radius 1 is 1.33 bits per heavy atom. The molecule has 2 rings (SSSR count). The van der Waals surface area contributed by atoms with E-state index in [0.29, 0.717) is 11.9 Å². The zero-order valence-electron chi connectivity index (χ0n) is 13.0. The first-order chi connectivity index (χ1) is 10.1. The second-order valence-corrected chi connectivity index (χ2v) is 7.25. The van der Waals surface area contributed by atoms with Crippen molar-refractivity contribution in [3.05, 3.63) is 10.4 Å². The number of nitrogens with zero attached hydrogens (tertiary/aromatic N) is 2. The molecule has 0 aliphatic heterocycles. The molecule has 4 nitrogen and oxygen atoms in total. The second-order valence-electron chi connectivity index (χ2n) is 5.42. The smallest absolute Gasteiger partial charge is 0.148 e. The number of thiazole rings is 1. The van der Waals surface area contributed by atoms with Crippen molar-refractivity contribution in [2.75, 3.05) is 11.1 Å². The Balaban J connectivity index is 2.01. The van der Waals surface area contributed by atoms with E-state index in [1.165, 1.54) is 43.6 Å². The van der Waals surface area contributed by atoms with E-state index in [2.05, 4.69) is 28.5 Å². The number of hydrogen-bond acceptors (Lipinski definition) is 6. The van der Waals surface area contributed by atoms with E-state index in [1.54, 1.807) is 11.3 Å². The van der Waals surface area contributed by atoms with Crippen LogP contribution in [0.1, 0.15) is 51.0 Å². The van der Waals surface area contributed by atoms with Crippen LogP contribution in [0.4, 0.5) is 10.8 Å². The van der Waals surface area contributed by atoms with E-state index in [9.17, 15) is 0 Å². The lowest BCUT2D eigenvalue weighted by Crippen LogP contribution is -2.14. The van der Waals surface area contributed by atoms with Gasteiger partial charge in [0.25, 0.3) is 0 Å². The second kappa shape index (κ2) is 7.75. The summed E-state index contributed by atoms with van der Waals surface area (Å²) in [5.74, 6) is 0.575. The summed E-state index contributed by atoms with van der Waals surface area (Å²) >= 11 is 3.07. The predicted octanol–water partition coefficient (Wildman–Crippen LogP) is 4.93. The average molecular weight is 325 g/mol. The third-order valence-electron chi connectivity index (χ3n) is 3.46. The molecule has 0 saturated heterocycles. The van der Waals surface area contributed by atoms with Gasteiger partial charge in [-0.25, -0.2) is 4.98 Å². The van der Waals surface area contributed by atoms with E-state index in [0.717, 1.165) is 21.3 Å². The average Bonchev–Trinajstić information content (AvgIpc) is 3.01. The molecule has 6 heteroatoms. The van der Waals surface area contributed by atoms with Crippen molar-refractivity contribution < 1.29 is 0 Å². The van der Waals surface area contributed by atoms with Gasteiger partial charge in [-0.05, 0) is 31.8 Å². The summed E-state index contributed by atoms with van der Waals surface area (Å²) in [6, 6.07) is 0.431.